The minimum atomic E-state index is 0.513. The fourth-order valence-corrected chi connectivity index (χ4v) is 2.83. The number of aryl methyl sites for hydroxylation is 1. The van der Waals surface area contributed by atoms with Gasteiger partial charge in [0, 0.05) is 6.20 Å². The Morgan fingerprint density at radius 2 is 1.90 bits per heavy atom. The van der Waals surface area contributed by atoms with Crippen molar-refractivity contribution in [2.75, 3.05) is 0 Å². The average molecular weight is 272 g/mol. The lowest BCUT2D eigenvalue weighted by atomic mass is 9.87. The molecule has 1 atom stereocenters. The fourth-order valence-electron chi connectivity index (χ4n) is 2.83. The van der Waals surface area contributed by atoms with E-state index in [1.807, 2.05) is 6.20 Å². The molecule has 0 amide bonds. The summed E-state index contributed by atoms with van der Waals surface area (Å²) in [4.78, 5) is 4.34. The van der Waals surface area contributed by atoms with E-state index in [0.717, 1.165) is 24.1 Å². The highest BCUT2D eigenvalue weighted by Crippen LogP contribution is 2.29. The van der Waals surface area contributed by atoms with E-state index in [4.69, 9.17) is 0 Å². The molecule has 0 aromatic carbocycles. The molecule has 0 fully saturated rings. The predicted molar refractivity (Wildman–Crippen MR) is 84.7 cm³/mol. The Balaban J connectivity index is 2.72. The van der Waals surface area contributed by atoms with Crippen LogP contribution < -0.4 is 0 Å². The molecule has 0 N–H and O–H groups in total. The maximum Gasteiger partial charge on any atom is 0.101 e. The van der Waals surface area contributed by atoms with E-state index in [9.17, 15) is 5.26 Å². The third-order valence-electron chi connectivity index (χ3n) is 4.10. The predicted octanol–water partition coefficient (Wildman–Crippen LogP) is 5.37. The van der Waals surface area contributed by atoms with E-state index in [1.54, 1.807) is 0 Å². The Morgan fingerprint density at radius 1 is 1.15 bits per heavy atom. The first kappa shape index (κ1) is 16.7. The molecule has 1 unspecified atom stereocenters. The van der Waals surface area contributed by atoms with Gasteiger partial charge in [-0.05, 0) is 36.8 Å². The molecule has 0 saturated carbocycles. The topological polar surface area (TPSA) is 36.7 Å². The van der Waals surface area contributed by atoms with Gasteiger partial charge in [-0.1, -0.05) is 52.9 Å². The molecule has 1 heterocycles. The summed E-state index contributed by atoms with van der Waals surface area (Å²) in [7, 11) is 0. The molecule has 0 aliphatic carbocycles. The first-order valence-electron chi connectivity index (χ1n) is 8.16. The van der Waals surface area contributed by atoms with Crippen LogP contribution in [0.4, 0.5) is 0 Å². The summed E-state index contributed by atoms with van der Waals surface area (Å²) in [5.41, 5.74) is 3.00. The van der Waals surface area contributed by atoms with E-state index < -0.39 is 0 Å². The first-order chi connectivity index (χ1) is 9.78. The molecule has 1 aromatic rings. The zero-order valence-electron chi connectivity index (χ0n) is 13.3. The normalized spacial score (nSPS) is 12.1. The van der Waals surface area contributed by atoms with Gasteiger partial charge in [-0.15, -0.1) is 0 Å². The van der Waals surface area contributed by atoms with Crippen LogP contribution in [0.3, 0.4) is 0 Å². The third kappa shape index (κ3) is 4.63. The first-order valence-corrected chi connectivity index (χ1v) is 8.16. The SMILES string of the molecule is CCCCCCCC(CC)c1ccnc(CC)c1C#N. The molecule has 0 radical (unpaired) electrons. The lowest BCUT2D eigenvalue weighted by molar-refractivity contribution is 0.533. The third-order valence-corrected chi connectivity index (χ3v) is 4.10. The van der Waals surface area contributed by atoms with Gasteiger partial charge in [0.1, 0.15) is 6.07 Å². The number of hydrogen-bond acceptors (Lipinski definition) is 2. The summed E-state index contributed by atoms with van der Waals surface area (Å²) in [6.45, 7) is 6.54. The summed E-state index contributed by atoms with van der Waals surface area (Å²) < 4.78 is 0. The number of nitriles is 1. The molecule has 2 nitrogen and oxygen atoms in total. The average Bonchev–Trinajstić information content (AvgIpc) is 2.50. The zero-order chi connectivity index (χ0) is 14.8. The summed E-state index contributed by atoms with van der Waals surface area (Å²) in [6, 6.07) is 4.43. The van der Waals surface area contributed by atoms with Crippen LogP contribution in [0.1, 0.15) is 88.5 Å². The second-order valence-electron chi connectivity index (χ2n) is 5.50. The molecule has 0 spiro atoms. The van der Waals surface area contributed by atoms with Gasteiger partial charge in [-0.2, -0.15) is 5.26 Å². The van der Waals surface area contributed by atoms with Crippen molar-refractivity contribution < 1.29 is 0 Å². The van der Waals surface area contributed by atoms with E-state index in [0.29, 0.717) is 5.92 Å². The quantitative estimate of drug-likeness (QED) is 0.567. The Hall–Kier alpha value is -1.36. The lowest BCUT2D eigenvalue weighted by Crippen LogP contribution is -2.05. The molecule has 2 heteroatoms. The molecule has 110 valence electrons. The molecule has 0 aliphatic rings. The van der Waals surface area contributed by atoms with Crippen LogP contribution in [0.5, 0.6) is 0 Å². The van der Waals surface area contributed by atoms with Crippen LogP contribution in [0, 0.1) is 11.3 Å². The monoisotopic (exact) mass is 272 g/mol. The van der Waals surface area contributed by atoms with Crippen LogP contribution >= 0.6 is 0 Å². The number of hydrogen-bond donors (Lipinski definition) is 0. The molecular weight excluding hydrogens is 244 g/mol. The van der Waals surface area contributed by atoms with Crippen molar-refractivity contribution in [1.82, 2.24) is 4.98 Å². The highest BCUT2D eigenvalue weighted by atomic mass is 14.7. The van der Waals surface area contributed by atoms with Crippen molar-refractivity contribution in [2.24, 2.45) is 0 Å². The summed E-state index contributed by atoms with van der Waals surface area (Å²) in [5.74, 6) is 0.513. The molecule has 20 heavy (non-hydrogen) atoms. The van der Waals surface area contributed by atoms with Crippen LogP contribution in [0.15, 0.2) is 12.3 Å². The number of nitrogens with zero attached hydrogens (tertiary/aromatic N) is 2. The van der Waals surface area contributed by atoms with Gasteiger partial charge in [-0.25, -0.2) is 0 Å². The van der Waals surface area contributed by atoms with Crippen molar-refractivity contribution in [3.8, 4) is 6.07 Å². The number of pyridine rings is 1. The van der Waals surface area contributed by atoms with E-state index in [2.05, 4.69) is 37.9 Å². The fraction of sp³-hybridized carbons (Fsp3) is 0.667. The van der Waals surface area contributed by atoms with E-state index >= 15 is 0 Å². The number of unbranched alkanes of at least 4 members (excludes halogenated alkanes) is 4. The second kappa shape index (κ2) is 9.53. The highest BCUT2D eigenvalue weighted by molar-refractivity contribution is 5.42. The Labute approximate surface area is 124 Å². The minimum Gasteiger partial charge on any atom is -0.260 e. The maximum absolute atomic E-state index is 9.43. The highest BCUT2D eigenvalue weighted by Gasteiger charge is 2.16. The van der Waals surface area contributed by atoms with Gasteiger partial charge in [0.15, 0.2) is 0 Å². The standard InChI is InChI=1S/C18H28N2/c1-4-7-8-9-10-11-15(5-2)16-12-13-20-18(6-3)17(16)14-19/h12-13,15H,4-11H2,1-3H3. The zero-order valence-corrected chi connectivity index (χ0v) is 13.3. The van der Waals surface area contributed by atoms with Crippen LogP contribution in [0.2, 0.25) is 0 Å². The lowest BCUT2D eigenvalue weighted by Gasteiger charge is -2.17. The van der Waals surface area contributed by atoms with Crippen molar-refractivity contribution in [3.63, 3.8) is 0 Å². The molecule has 1 aromatic heterocycles. The van der Waals surface area contributed by atoms with E-state index in [1.165, 1.54) is 44.1 Å². The Bertz CT molecular complexity index is 432. The van der Waals surface area contributed by atoms with Gasteiger partial charge in [0.05, 0.1) is 11.3 Å². The van der Waals surface area contributed by atoms with Gasteiger partial charge >= 0.3 is 0 Å². The number of aromatic nitrogens is 1. The van der Waals surface area contributed by atoms with Gasteiger partial charge < -0.3 is 0 Å². The molecule has 1 rings (SSSR count). The van der Waals surface area contributed by atoms with Gasteiger partial charge in [-0.3, -0.25) is 4.98 Å². The van der Waals surface area contributed by atoms with Crippen molar-refractivity contribution >= 4 is 0 Å². The number of rotatable bonds is 9. The van der Waals surface area contributed by atoms with Crippen molar-refractivity contribution in [3.05, 3.63) is 29.1 Å². The van der Waals surface area contributed by atoms with Crippen molar-refractivity contribution in [2.45, 2.75) is 78.1 Å². The van der Waals surface area contributed by atoms with Crippen molar-refractivity contribution in [1.29, 1.82) is 5.26 Å². The molecule has 0 bridgehead atoms. The summed E-state index contributed by atoms with van der Waals surface area (Å²) in [5, 5.41) is 9.43. The Kier molecular flexibility index (Phi) is 7.95. The molecule has 0 saturated heterocycles. The Morgan fingerprint density at radius 3 is 2.50 bits per heavy atom. The largest absolute Gasteiger partial charge is 0.260 e. The smallest absolute Gasteiger partial charge is 0.101 e. The second-order valence-corrected chi connectivity index (χ2v) is 5.50. The van der Waals surface area contributed by atoms with Crippen LogP contribution in [-0.2, 0) is 6.42 Å². The van der Waals surface area contributed by atoms with Crippen LogP contribution in [-0.4, -0.2) is 4.98 Å². The summed E-state index contributed by atoms with van der Waals surface area (Å²) in [6.07, 6.45) is 11.6. The van der Waals surface area contributed by atoms with Gasteiger partial charge in [0.2, 0.25) is 0 Å². The maximum atomic E-state index is 9.43. The summed E-state index contributed by atoms with van der Waals surface area (Å²) >= 11 is 0. The van der Waals surface area contributed by atoms with E-state index in [-0.39, 0.29) is 0 Å². The van der Waals surface area contributed by atoms with Crippen LogP contribution in [0.25, 0.3) is 0 Å². The molecule has 0 aliphatic heterocycles. The van der Waals surface area contributed by atoms with Gasteiger partial charge in [0.25, 0.3) is 0 Å². The molecular formula is C18H28N2. The minimum absolute atomic E-state index is 0.513.